The Hall–Kier alpha value is -2.62. The van der Waals surface area contributed by atoms with Crippen molar-refractivity contribution in [1.82, 2.24) is 9.21 Å². The molecule has 9 heteroatoms. The maximum atomic E-state index is 13.3. The van der Waals surface area contributed by atoms with Crippen LogP contribution in [-0.2, 0) is 21.2 Å². The van der Waals surface area contributed by atoms with Crippen molar-refractivity contribution in [2.45, 2.75) is 24.3 Å². The van der Waals surface area contributed by atoms with Gasteiger partial charge in [-0.2, -0.15) is 4.31 Å². The third kappa shape index (κ3) is 4.07. The summed E-state index contributed by atoms with van der Waals surface area (Å²) in [7, 11) is -0.395. The molecule has 1 amide bonds. The Kier molecular flexibility index (Phi) is 6.41. The van der Waals surface area contributed by atoms with Crippen LogP contribution in [0.15, 0.2) is 41.3 Å². The van der Waals surface area contributed by atoms with Gasteiger partial charge in [0, 0.05) is 25.2 Å². The van der Waals surface area contributed by atoms with Crippen molar-refractivity contribution in [2.24, 2.45) is 0 Å². The Balaban J connectivity index is 1.55. The Bertz CT molecular complexity index is 1090. The van der Waals surface area contributed by atoms with Gasteiger partial charge in [0.15, 0.2) is 11.5 Å². The van der Waals surface area contributed by atoms with E-state index in [9.17, 15) is 13.2 Å². The first-order chi connectivity index (χ1) is 15.4. The molecule has 2 aliphatic rings. The standard InChI is InChI=1S/C23H28N2O6S/c1-16-20-15-22(30-3)21(29-2)14-18(20)8-9-25(16)23(26)17-4-6-19(7-5-17)32(27,28)24-10-12-31-13-11-24/h4-7,14-16H,8-13H2,1-3H3/t16-/m0/s1. The molecule has 2 aromatic rings. The van der Waals surface area contributed by atoms with Crippen LogP contribution >= 0.6 is 0 Å². The van der Waals surface area contributed by atoms with Crippen molar-refractivity contribution in [2.75, 3.05) is 47.1 Å². The molecule has 0 aliphatic carbocycles. The number of amides is 1. The van der Waals surface area contributed by atoms with Gasteiger partial charge in [-0.3, -0.25) is 4.79 Å². The van der Waals surface area contributed by atoms with Crippen LogP contribution in [0.1, 0.15) is 34.5 Å². The van der Waals surface area contributed by atoms with Crippen LogP contribution in [0.2, 0.25) is 0 Å². The molecule has 1 atom stereocenters. The van der Waals surface area contributed by atoms with Gasteiger partial charge in [-0.1, -0.05) is 0 Å². The SMILES string of the molecule is COc1cc2c(cc1OC)[C@H](C)N(C(=O)c1ccc(S(=O)(=O)N3CCOCC3)cc1)CC2. The van der Waals surface area contributed by atoms with Crippen molar-refractivity contribution in [3.8, 4) is 11.5 Å². The van der Waals surface area contributed by atoms with E-state index in [0.29, 0.717) is 56.3 Å². The number of carbonyl (C=O) groups excluding carboxylic acids is 1. The molecule has 0 aromatic heterocycles. The second kappa shape index (κ2) is 9.09. The first-order valence-corrected chi connectivity index (χ1v) is 12.0. The third-order valence-electron chi connectivity index (χ3n) is 6.15. The molecule has 2 heterocycles. The highest BCUT2D eigenvalue weighted by atomic mass is 32.2. The summed E-state index contributed by atoms with van der Waals surface area (Å²) in [5.41, 5.74) is 2.61. The Morgan fingerprint density at radius 2 is 1.62 bits per heavy atom. The van der Waals surface area contributed by atoms with Gasteiger partial charge >= 0.3 is 0 Å². The van der Waals surface area contributed by atoms with E-state index < -0.39 is 10.0 Å². The summed E-state index contributed by atoms with van der Waals surface area (Å²) in [6.45, 7) is 4.00. The number of methoxy groups -OCH3 is 2. The van der Waals surface area contributed by atoms with Crippen LogP contribution in [0.3, 0.4) is 0 Å². The summed E-state index contributed by atoms with van der Waals surface area (Å²) < 4.78 is 43.1. The van der Waals surface area contributed by atoms with E-state index in [1.54, 1.807) is 31.3 Å². The quantitative estimate of drug-likeness (QED) is 0.682. The maximum absolute atomic E-state index is 13.3. The van der Waals surface area contributed by atoms with Gasteiger partial charge in [-0.15, -0.1) is 0 Å². The Morgan fingerprint density at radius 3 is 2.25 bits per heavy atom. The van der Waals surface area contributed by atoms with Gasteiger partial charge in [-0.25, -0.2) is 8.42 Å². The van der Waals surface area contributed by atoms with Crippen molar-refractivity contribution < 1.29 is 27.4 Å². The van der Waals surface area contributed by atoms with Gasteiger partial charge in [-0.05, 0) is 60.9 Å². The summed E-state index contributed by atoms with van der Waals surface area (Å²) in [5.74, 6) is 1.17. The highest BCUT2D eigenvalue weighted by Gasteiger charge is 2.31. The molecule has 0 saturated carbocycles. The molecule has 0 radical (unpaired) electrons. The van der Waals surface area contributed by atoms with Crippen molar-refractivity contribution in [3.05, 3.63) is 53.1 Å². The number of morpholine rings is 1. The van der Waals surface area contributed by atoms with E-state index in [1.165, 1.54) is 16.4 Å². The van der Waals surface area contributed by atoms with E-state index in [4.69, 9.17) is 14.2 Å². The van der Waals surface area contributed by atoms with E-state index in [0.717, 1.165) is 11.1 Å². The number of sulfonamides is 1. The number of hydrogen-bond donors (Lipinski definition) is 0. The summed E-state index contributed by atoms with van der Waals surface area (Å²) in [5, 5.41) is 0. The lowest BCUT2D eigenvalue weighted by atomic mass is 9.92. The largest absolute Gasteiger partial charge is 0.493 e. The molecule has 0 spiro atoms. The second-order valence-corrected chi connectivity index (χ2v) is 9.81. The van der Waals surface area contributed by atoms with E-state index in [2.05, 4.69) is 0 Å². The van der Waals surface area contributed by atoms with E-state index >= 15 is 0 Å². The van der Waals surface area contributed by atoms with Crippen LogP contribution in [0.4, 0.5) is 0 Å². The topological polar surface area (TPSA) is 85.4 Å². The molecule has 0 bridgehead atoms. The lowest BCUT2D eigenvalue weighted by Crippen LogP contribution is -2.40. The summed E-state index contributed by atoms with van der Waals surface area (Å²) in [6.07, 6.45) is 0.704. The van der Waals surface area contributed by atoms with Gasteiger partial charge in [0.2, 0.25) is 10.0 Å². The van der Waals surface area contributed by atoms with Crippen LogP contribution in [-0.4, -0.2) is 70.6 Å². The van der Waals surface area contributed by atoms with Crippen molar-refractivity contribution in [3.63, 3.8) is 0 Å². The minimum atomic E-state index is -3.59. The lowest BCUT2D eigenvalue weighted by Gasteiger charge is -2.36. The molecule has 8 nitrogen and oxygen atoms in total. The van der Waals surface area contributed by atoms with Crippen LogP contribution in [0.5, 0.6) is 11.5 Å². The number of carbonyl (C=O) groups is 1. The minimum absolute atomic E-state index is 0.131. The molecule has 0 unspecified atom stereocenters. The summed E-state index contributed by atoms with van der Waals surface area (Å²) in [4.78, 5) is 15.2. The van der Waals surface area contributed by atoms with Crippen molar-refractivity contribution >= 4 is 15.9 Å². The molecule has 172 valence electrons. The average molecular weight is 461 g/mol. The number of fused-ring (bicyclic) bond motifs is 1. The zero-order valence-corrected chi connectivity index (χ0v) is 19.4. The fourth-order valence-electron chi connectivity index (χ4n) is 4.29. The highest BCUT2D eigenvalue weighted by molar-refractivity contribution is 7.89. The molecule has 0 N–H and O–H groups in total. The zero-order valence-electron chi connectivity index (χ0n) is 18.5. The molecule has 2 aliphatic heterocycles. The van der Waals surface area contributed by atoms with E-state index in [-0.39, 0.29) is 16.8 Å². The molecular weight excluding hydrogens is 432 g/mol. The van der Waals surface area contributed by atoms with Gasteiger partial charge in [0.25, 0.3) is 5.91 Å². The van der Waals surface area contributed by atoms with Crippen molar-refractivity contribution in [1.29, 1.82) is 0 Å². The number of benzene rings is 2. The van der Waals surface area contributed by atoms with Crippen LogP contribution < -0.4 is 9.47 Å². The van der Waals surface area contributed by atoms with Crippen LogP contribution in [0, 0.1) is 0 Å². The number of ether oxygens (including phenoxy) is 3. The minimum Gasteiger partial charge on any atom is -0.493 e. The fraction of sp³-hybridized carbons (Fsp3) is 0.435. The summed E-state index contributed by atoms with van der Waals surface area (Å²) >= 11 is 0. The molecule has 1 fully saturated rings. The summed E-state index contributed by atoms with van der Waals surface area (Å²) in [6, 6.07) is 9.94. The first kappa shape index (κ1) is 22.6. The second-order valence-electron chi connectivity index (χ2n) is 7.87. The smallest absolute Gasteiger partial charge is 0.254 e. The molecule has 2 aromatic carbocycles. The monoisotopic (exact) mass is 460 g/mol. The number of rotatable bonds is 5. The van der Waals surface area contributed by atoms with Gasteiger partial charge < -0.3 is 19.1 Å². The zero-order chi connectivity index (χ0) is 22.9. The maximum Gasteiger partial charge on any atom is 0.254 e. The average Bonchev–Trinajstić information content (AvgIpc) is 2.83. The predicted molar refractivity (Wildman–Crippen MR) is 119 cm³/mol. The molecule has 1 saturated heterocycles. The third-order valence-corrected chi connectivity index (χ3v) is 8.07. The van der Waals surface area contributed by atoms with Gasteiger partial charge in [0.1, 0.15) is 0 Å². The van der Waals surface area contributed by atoms with Crippen LogP contribution in [0.25, 0.3) is 0 Å². The first-order valence-electron chi connectivity index (χ1n) is 10.6. The Labute approximate surface area is 188 Å². The van der Waals surface area contributed by atoms with Gasteiger partial charge in [0.05, 0.1) is 38.4 Å². The number of nitrogens with zero attached hydrogens (tertiary/aromatic N) is 2. The number of hydrogen-bond acceptors (Lipinski definition) is 6. The van der Waals surface area contributed by atoms with E-state index in [1.807, 2.05) is 19.1 Å². The normalized spacial score (nSPS) is 19.3. The lowest BCUT2D eigenvalue weighted by molar-refractivity contribution is 0.0677. The molecule has 32 heavy (non-hydrogen) atoms. The molecule has 4 rings (SSSR count). The highest BCUT2D eigenvalue weighted by Crippen LogP contribution is 2.38. The predicted octanol–water partition coefficient (Wildman–Crippen LogP) is 2.48. The Morgan fingerprint density at radius 1 is 1.00 bits per heavy atom. The fourth-order valence-corrected chi connectivity index (χ4v) is 5.70. The molecular formula is C23H28N2O6S.